The van der Waals surface area contributed by atoms with Crippen molar-refractivity contribution in [2.75, 3.05) is 23.9 Å². The average molecular weight is 265 g/mol. The van der Waals surface area contributed by atoms with Crippen LogP contribution in [0.4, 0.5) is 11.4 Å². The van der Waals surface area contributed by atoms with Crippen LogP contribution in [-0.2, 0) is 0 Å². The van der Waals surface area contributed by atoms with Crippen molar-refractivity contribution in [3.63, 3.8) is 0 Å². The summed E-state index contributed by atoms with van der Waals surface area (Å²) in [4.78, 5) is 0. The maximum absolute atomic E-state index is 4.43. The molecule has 0 amide bonds. The summed E-state index contributed by atoms with van der Waals surface area (Å²) in [6, 6.07) is 18.2. The second-order valence-corrected chi connectivity index (χ2v) is 4.40. The Kier molecular flexibility index (Phi) is 4.95. The van der Waals surface area contributed by atoms with Crippen molar-refractivity contribution in [1.29, 1.82) is 0 Å². The Balaban J connectivity index is 1.99. The number of hydrogen-bond acceptors (Lipinski definition) is 3. The second kappa shape index (κ2) is 7.14. The highest BCUT2D eigenvalue weighted by molar-refractivity contribution is 5.81. The molecule has 0 radical (unpaired) electrons. The Hall–Kier alpha value is -2.55. The minimum atomic E-state index is 0.768. The summed E-state index contributed by atoms with van der Waals surface area (Å²) in [5.74, 6) is 0. The fourth-order valence-electron chi connectivity index (χ4n) is 1.74. The molecule has 2 rings (SSSR count). The molecule has 0 saturated carbocycles. The number of hydrogen-bond donors (Lipinski definition) is 1. The Bertz CT molecular complexity index is 559. The summed E-state index contributed by atoms with van der Waals surface area (Å²) < 4.78 is 0. The van der Waals surface area contributed by atoms with Gasteiger partial charge in [-0.2, -0.15) is 5.10 Å². The van der Waals surface area contributed by atoms with Gasteiger partial charge in [-0.1, -0.05) is 36.4 Å². The normalized spacial score (nSPS) is 10.4. The van der Waals surface area contributed by atoms with E-state index in [1.807, 2.05) is 78.9 Å². The molecule has 0 aromatic heterocycles. The van der Waals surface area contributed by atoms with Crippen LogP contribution in [0.3, 0.4) is 0 Å². The molecule has 0 atom stereocenters. The predicted octanol–water partition coefficient (Wildman–Crippen LogP) is 3.75. The molecule has 2 aromatic rings. The van der Waals surface area contributed by atoms with Crippen molar-refractivity contribution in [1.82, 2.24) is 0 Å². The van der Waals surface area contributed by atoms with Crippen LogP contribution < -0.4 is 10.3 Å². The molecule has 0 unspecified atom stereocenters. The number of benzene rings is 2. The predicted molar refractivity (Wildman–Crippen MR) is 87.6 cm³/mol. The lowest BCUT2D eigenvalue weighted by Gasteiger charge is -2.12. The molecular formula is C17H19N3. The van der Waals surface area contributed by atoms with E-state index < -0.39 is 0 Å². The van der Waals surface area contributed by atoms with Crippen LogP contribution in [0.25, 0.3) is 0 Å². The molecule has 3 nitrogen and oxygen atoms in total. The van der Waals surface area contributed by atoms with E-state index in [1.165, 1.54) is 0 Å². The summed E-state index contributed by atoms with van der Waals surface area (Å²) in [6.07, 6.45) is 3.69. The SMILES string of the molecule is C=CCNc1ccc(C=NN(C)c2ccccc2)cc1. The summed E-state index contributed by atoms with van der Waals surface area (Å²) in [6.45, 7) is 4.45. The zero-order valence-corrected chi connectivity index (χ0v) is 11.7. The largest absolute Gasteiger partial charge is 0.382 e. The number of hydrazone groups is 1. The van der Waals surface area contributed by atoms with Gasteiger partial charge in [-0.3, -0.25) is 5.01 Å². The van der Waals surface area contributed by atoms with E-state index in [4.69, 9.17) is 0 Å². The van der Waals surface area contributed by atoms with Crippen LogP contribution in [0.15, 0.2) is 72.4 Å². The summed E-state index contributed by atoms with van der Waals surface area (Å²) >= 11 is 0. The van der Waals surface area contributed by atoms with Crippen molar-refractivity contribution < 1.29 is 0 Å². The van der Waals surface area contributed by atoms with Gasteiger partial charge in [-0.05, 0) is 29.8 Å². The third-order valence-electron chi connectivity index (χ3n) is 2.87. The van der Waals surface area contributed by atoms with Crippen LogP contribution in [0, 0.1) is 0 Å². The van der Waals surface area contributed by atoms with Gasteiger partial charge >= 0.3 is 0 Å². The van der Waals surface area contributed by atoms with Gasteiger partial charge in [-0.25, -0.2) is 0 Å². The van der Waals surface area contributed by atoms with Gasteiger partial charge in [0.15, 0.2) is 0 Å². The molecule has 0 heterocycles. The second-order valence-electron chi connectivity index (χ2n) is 4.40. The van der Waals surface area contributed by atoms with Gasteiger partial charge in [-0.15, -0.1) is 6.58 Å². The summed E-state index contributed by atoms with van der Waals surface area (Å²) in [7, 11) is 1.94. The Morgan fingerprint density at radius 1 is 1.10 bits per heavy atom. The lowest BCUT2D eigenvalue weighted by Crippen LogP contribution is -2.08. The molecule has 3 heteroatoms. The van der Waals surface area contributed by atoms with Gasteiger partial charge in [0, 0.05) is 19.3 Å². The minimum Gasteiger partial charge on any atom is -0.382 e. The van der Waals surface area contributed by atoms with Crippen molar-refractivity contribution in [3.8, 4) is 0 Å². The van der Waals surface area contributed by atoms with Gasteiger partial charge in [0.1, 0.15) is 0 Å². The number of anilines is 2. The Labute approximate surface area is 120 Å². The first-order chi connectivity index (χ1) is 9.79. The van der Waals surface area contributed by atoms with Crippen LogP contribution in [0.2, 0.25) is 0 Å². The van der Waals surface area contributed by atoms with Crippen molar-refractivity contribution in [2.24, 2.45) is 5.10 Å². The zero-order chi connectivity index (χ0) is 14.2. The zero-order valence-electron chi connectivity index (χ0n) is 11.7. The maximum Gasteiger partial charge on any atom is 0.0590 e. The maximum atomic E-state index is 4.43. The first-order valence-electron chi connectivity index (χ1n) is 6.57. The van der Waals surface area contributed by atoms with Gasteiger partial charge < -0.3 is 5.32 Å². The Morgan fingerprint density at radius 3 is 2.45 bits per heavy atom. The van der Waals surface area contributed by atoms with E-state index in [0.717, 1.165) is 23.5 Å². The highest BCUT2D eigenvalue weighted by atomic mass is 15.4. The molecular weight excluding hydrogens is 246 g/mol. The van der Waals surface area contributed by atoms with Crippen molar-refractivity contribution in [2.45, 2.75) is 0 Å². The fraction of sp³-hybridized carbons (Fsp3) is 0.118. The molecule has 0 aliphatic carbocycles. The van der Waals surface area contributed by atoms with Crippen LogP contribution >= 0.6 is 0 Å². The first kappa shape index (κ1) is 13.9. The third-order valence-corrected chi connectivity index (χ3v) is 2.87. The van der Waals surface area contributed by atoms with E-state index in [2.05, 4.69) is 17.0 Å². The summed E-state index contributed by atoms with van der Waals surface area (Å²) in [5, 5.41) is 9.52. The lowest BCUT2D eigenvalue weighted by molar-refractivity contribution is 1.02. The van der Waals surface area contributed by atoms with Gasteiger partial charge in [0.05, 0.1) is 11.9 Å². The smallest absolute Gasteiger partial charge is 0.0590 e. The number of para-hydroxylation sites is 1. The van der Waals surface area contributed by atoms with Crippen molar-refractivity contribution in [3.05, 3.63) is 72.8 Å². The molecule has 0 aliphatic rings. The minimum absolute atomic E-state index is 0.768. The molecule has 2 aromatic carbocycles. The number of nitrogens with one attached hydrogen (secondary N) is 1. The van der Waals surface area contributed by atoms with E-state index >= 15 is 0 Å². The molecule has 0 saturated heterocycles. The molecule has 0 fully saturated rings. The fourth-order valence-corrected chi connectivity index (χ4v) is 1.74. The van der Waals surface area contributed by atoms with Gasteiger partial charge in [0.25, 0.3) is 0 Å². The Morgan fingerprint density at radius 2 is 1.80 bits per heavy atom. The quantitative estimate of drug-likeness (QED) is 0.489. The van der Waals surface area contributed by atoms with Crippen LogP contribution in [-0.4, -0.2) is 19.8 Å². The highest BCUT2D eigenvalue weighted by Gasteiger charge is 1.96. The highest BCUT2D eigenvalue weighted by Crippen LogP contribution is 2.12. The molecule has 102 valence electrons. The van der Waals surface area contributed by atoms with E-state index in [1.54, 1.807) is 0 Å². The van der Waals surface area contributed by atoms with Crippen LogP contribution in [0.5, 0.6) is 0 Å². The third kappa shape index (κ3) is 3.99. The lowest BCUT2D eigenvalue weighted by atomic mass is 10.2. The molecule has 1 N–H and O–H groups in total. The van der Waals surface area contributed by atoms with E-state index in [9.17, 15) is 0 Å². The number of rotatable bonds is 6. The standard InChI is InChI=1S/C17H19N3/c1-3-13-18-16-11-9-15(10-12-16)14-19-20(2)17-7-5-4-6-8-17/h3-12,14,18H,1,13H2,2H3. The van der Waals surface area contributed by atoms with E-state index in [-0.39, 0.29) is 0 Å². The average Bonchev–Trinajstić information content (AvgIpc) is 2.52. The molecule has 0 aliphatic heterocycles. The molecule has 20 heavy (non-hydrogen) atoms. The van der Waals surface area contributed by atoms with E-state index in [0.29, 0.717) is 0 Å². The van der Waals surface area contributed by atoms with Crippen molar-refractivity contribution >= 4 is 17.6 Å². The van der Waals surface area contributed by atoms with Crippen LogP contribution in [0.1, 0.15) is 5.56 Å². The molecule has 0 bridgehead atoms. The number of nitrogens with zero attached hydrogens (tertiary/aromatic N) is 2. The molecule has 0 spiro atoms. The topological polar surface area (TPSA) is 27.6 Å². The first-order valence-corrected chi connectivity index (χ1v) is 6.57. The monoisotopic (exact) mass is 265 g/mol. The van der Waals surface area contributed by atoms with Gasteiger partial charge in [0.2, 0.25) is 0 Å². The summed E-state index contributed by atoms with van der Waals surface area (Å²) in [5.41, 5.74) is 3.21.